The van der Waals surface area contributed by atoms with Gasteiger partial charge in [0.15, 0.2) is 0 Å². The van der Waals surface area contributed by atoms with E-state index in [1.165, 1.54) is 103 Å². The molecule has 0 fully saturated rings. The maximum absolute atomic E-state index is 6.99. The van der Waals surface area contributed by atoms with Crippen molar-refractivity contribution in [2.24, 2.45) is 0 Å². The minimum Gasteiger partial charge on any atom is -0.458 e. The highest BCUT2D eigenvalue weighted by Crippen LogP contribution is 2.52. The van der Waals surface area contributed by atoms with Crippen LogP contribution in [0.15, 0.2) is 214 Å². The Bertz CT molecular complexity index is 3120. The van der Waals surface area contributed by atoms with Crippen LogP contribution in [-0.2, 0) is 0 Å². The summed E-state index contributed by atoms with van der Waals surface area (Å²) in [5, 5.41) is 0. The van der Waals surface area contributed by atoms with Crippen molar-refractivity contribution < 1.29 is 4.74 Å². The predicted octanol–water partition coefficient (Wildman–Crippen LogP) is 16.6. The van der Waals surface area contributed by atoms with E-state index >= 15 is 0 Å². The van der Waals surface area contributed by atoms with Gasteiger partial charge >= 0.3 is 0 Å². The molecule has 0 bridgehead atoms. The Kier molecular flexibility index (Phi) is 11.2. The molecule has 3 heterocycles. The molecule has 69 heavy (non-hydrogen) atoms. The van der Waals surface area contributed by atoms with Crippen LogP contribution in [0.1, 0.15) is 98.6 Å². The number of hydrogen-bond donors (Lipinski definition) is 0. The lowest BCUT2D eigenvalue weighted by Gasteiger charge is -2.33. The Morgan fingerprint density at radius 1 is 0.435 bits per heavy atom. The van der Waals surface area contributed by atoms with Crippen LogP contribution in [0.3, 0.4) is 0 Å². The number of hydrogen-bond acceptors (Lipinski definition) is 4. The molecule has 2 nitrogen and oxygen atoms in total. The molecule has 0 atom stereocenters. The predicted molar refractivity (Wildman–Crippen MR) is 294 cm³/mol. The molecule has 9 aromatic rings. The monoisotopic (exact) mass is 927 g/mol. The van der Waals surface area contributed by atoms with Gasteiger partial charge in [0, 0.05) is 31.2 Å². The van der Waals surface area contributed by atoms with Crippen LogP contribution in [-0.4, -0.2) is 6.71 Å². The summed E-state index contributed by atoms with van der Waals surface area (Å²) in [7, 11) is 0. The second-order valence-electron chi connectivity index (χ2n) is 19.8. The minimum absolute atomic E-state index is 0.0372. The largest absolute Gasteiger partial charge is 0.458 e. The fourth-order valence-corrected chi connectivity index (χ4v) is 13.2. The number of anilines is 3. The minimum atomic E-state index is -0.0372. The van der Waals surface area contributed by atoms with Crippen LogP contribution >= 0.6 is 23.5 Å². The lowest BCUT2D eigenvalue weighted by atomic mass is 9.33. The van der Waals surface area contributed by atoms with Crippen molar-refractivity contribution >= 4 is 63.7 Å². The third-order valence-electron chi connectivity index (χ3n) is 14.5. The van der Waals surface area contributed by atoms with E-state index in [1.807, 2.05) is 23.5 Å². The van der Waals surface area contributed by atoms with Crippen LogP contribution in [0.2, 0.25) is 0 Å². The van der Waals surface area contributed by atoms with E-state index in [-0.39, 0.29) is 12.6 Å². The van der Waals surface area contributed by atoms with Crippen molar-refractivity contribution in [3.8, 4) is 33.8 Å². The highest BCUT2D eigenvalue weighted by molar-refractivity contribution is 8.00. The molecule has 0 saturated carbocycles. The highest BCUT2D eigenvalue weighted by atomic mass is 32.2. The molecule has 0 amide bonds. The number of ether oxygens (including phenoxy) is 1. The normalized spacial score (nSPS) is 13.6. The summed E-state index contributed by atoms with van der Waals surface area (Å²) in [6.45, 7) is 14.1. The number of fused-ring (bicyclic) bond motifs is 6. The highest BCUT2D eigenvalue weighted by Gasteiger charge is 2.38. The average Bonchev–Trinajstić information content (AvgIpc) is 3.38. The van der Waals surface area contributed by atoms with Gasteiger partial charge in [-0.2, -0.15) is 0 Å². The first-order valence-corrected chi connectivity index (χ1v) is 26.2. The fraction of sp³-hybridized carbons (Fsp3) is 0.156. The number of nitrogens with zero attached hydrogens (tertiary/aromatic N) is 1. The first kappa shape index (κ1) is 43.6. The van der Waals surface area contributed by atoms with E-state index < -0.39 is 0 Å². The van der Waals surface area contributed by atoms with Crippen LogP contribution in [0, 0.1) is 0 Å². The van der Waals surface area contributed by atoms with Gasteiger partial charge in [0.25, 0.3) is 6.71 Å². The molecule has 336 valence electrons. The van der Waals surface area contributed by atoms with Crippen LogP contribution in [0.25, 0.3) is 22.3 Å². The van der Waals surface area contributed by atoms with E-state index in [0.717, 1.165) is 17.2 Å². The van der Waals surface area contributed by atoms with E-state index in [0.29, 0.717) is 17.8 Å². The molecule has 9 aromatic carbocycles. The summed E-state index contributed by atoms with van der Waals surface area (Å²) in [6, 6.07) is 72.5. The lowest BCUT2D eigenvalue weighted by molar-refractivity contribution is 0.487. The maximum Gasteiger partial charge on any atom is 0.251 e. The molecular weight excluding hydrogens is 874 g/mol. The zero-order valence-corrected chi connectivity index (χ0v) is 41.7. The van der Waals surface area contributed by atoms with Gasteiger partial charge in [-0.25, -0.2) is 0 Å². The van der Waals surface area contributed by atoms with Crippen molar-refractivity contribution in [3.63, 3.8) is 0 Å². The van der Waals surface area contributed by atoms with E-state index in [2.05, 4.69) is 241 Å². The molecule has 12 rings (SSSR count). The maximum atomic E-state index is 6.99. The average molecular weight is 928 g/mol. The summed E-state index contributed by atoms with van der Waals surface area (Å²) < 4.78 is 6.99. The Morgan fingerprint density at radius 2 is 0.870 bits per heavy atom. The summed E-state index contributed by atoms with van der Waals surface area (Å²) in [5.41, 5.74) is 20.5. The SMILES string of the molecule is CC(C)c1cc(C(C)C)c(B2c3cc(-c4ccc(C5c6ccccc6Sc6ccccc65)cc4)ccc3Oc3ccc(-c4ccc(N5c6ccccc6Sc6ccccc65)cc4)cc32)c(C(C)C)c1. The van der Waals surface area contributed by atoms with Crippen LogP contribution in [0.4, 0.5) is 17.1 Å². The van der Waals surface area contributed by atoms with Crippen molar-refractivity contribution in [1.29, 1.82) is 0 Å². The second-order valence-corrected chi connectivity index (χ2v) is 21.9. The Morgan fingerprint density at radius 3 is 1.36 bits per heavy atom. The summed E-state index contributed by atoms with van der Waals surface area (Å²) in [5.74, 6) is 3.12. The first-order valence-electron chi connectivity index (χ1n) is 24.5. The van der Waals surface area contributed by atoms with Gasteiger partial charge < -0.3 is 9.64 Å². The van der Waals surface area contributed by atoms with Gasteiger partial charge in [-0.15, -0.1) is 0 Å². The summed E-state index contributed by atoms with van der Waals surface area (Å²) in [4.78, 5) is 7.60. The van der Waals surface area contributed by atoms with Crippen LogP contribution in [0.5, 0.6) is 11.5 Å². The van der Waals surface area contributed by atoms with Crippen molar-refractivity contribution in [1.82, 2.24) is 0 Å². The fourth-order valence-electron chi connectivity index (χ4n) is 11.0. The molecule has 3 aliphatic rings. The molecule has 0 aromatic heterocycles. The Hall–Kier alpha value is -6.66. The third-order valence-corrected chi connectivity index (χ3v) is 16.8. The molecule has 0 N–H and O–H groups in total. The topological polar surface area (TPSA) is 12.5 Å². The van der Waals surface area contributed by atoms with Crippen LogP contribution < -0.4 is 26.0 Å². The van der Waals surface area contributed by atoms with Gasteiger partial charge in [0.1, 0.15) is 11.5 Å². The van der Waals surface area contributed by atoms with E-state index in [9.17, 15) is 0 Å². The number of para-hydroxylation sites is 2. The van der Waals surface area contributed by atoms with Crippen molar-refractivity contribution in [2.45, 2.75) is 84.8 Å². The molecule has 0 spiro atoms. The third kappa shape index (κ3) is 7.71. The lowest BCUT2D eigenvalue weighted by Crippen LogP contribution is -2.57. The van der Waals surface area contributed by atoms with Gasteiger partial charge in [-0.1, -0.05) is 204 Å². The number of rotatable bonds is 8. The van der Waals surface area contributed by atoms with Crippen molar-refractivity contribution in [3.05, 3.63) is 228 Å². The molecule has 3 aliphatic heterocycles. The zero-order valence-electron chi connectivity index (χ0n) is 40.0. The molecule has 5 heteroatoms. The molecule has 0 aliphatic carbocycles. The second kappa shape index (κ2) is 17.7. The van der Waals surface area contributed by atoms with Gasteiger partial charge in [-0.3, -0.25) is 0 Å². The number of benzene rings is 9. The zero-order chi connectivity index (χ0) is 46.9. The summed E-state index contributed by atoms with van der Waals surface area (Å²) in [6.07, 6.45) is 0. The molecule has 0 saturated heterocycles. The molecular formula is C64H54BNOS2. The van der Waals surface area contributed by atoms with Crippen molar-refractivity contribution in [2.75, 3.05) is 4.90 Å². The summed E-state index contributed by atoms with van der Waals surface area (Å²) >= 11 is 3.72. The van der Waals surface area contributed by atoms with E-state index in [1.54, 1.807) is 0 Å². The molecule has 0 unspecified atom stereocenters. The first-order chi connectivity index (χ1) is 33.7. The van der Waals surface area contributed by atoms with Gasteiger partial charge in [-0.05, 0) is 145 Å². The van der Waals surface area contributed by atoms with Gasteiger partial charge in [0.2, 0.25) is 0 Å². The quantitative estimate of drug-likeness (QED) is 0.141. The Balaban J connectivity index is 0.971. The standard InChI is InChI=1S/C64H54BNOS2/c1-39(2)47-35-51(40(3)4)64(52(36-47)41(5)6)65-53-37-45(42-23-25-44(26-24-42)63-49-15-7-11-19-59(49)68-60-20-12-8-16-50(60)63)29-33-57(53)67-58-34-30-46(38-54(58)65)43-27-31-48(32-28-43)66-55-17-9-13-21-61(55)69-62-22-14-10-18-56(62)66/h7-41,63H,1-6H3. The Labute approximate surface area is 416 Å². The molecule has 0 radical (unpaired) electrons. The smallest absolute Gasteiger partial charge is 0.251 e. The van der Waals surface area contributed by atoms with Gasteiger partial charge in [0.05, 0.1) is 11.4 Å². The van der Waals surface area contributed by atoms with E-state index in [4.69, 9.17) is 4.74 Å².